The Hall–Kier alpha value is -0.670. The molecule has 94 valence electrons. The molecule has 0 amide bonds. The summed E-state index contributed by atoms with van der Waals surface area (Å²) in [6.45, 7) is 5.22. The van der Waals surface area contributed by atoms with Gasteiger partial charge in [-0.2, -0.15) is 11.8 Å². The van der Waals surface area contributed by atoms with Gasteiger partial charge in [-0.05, 0) is 25.0 Å². The van der Waals surface area contributed by atoms with Crippen LogP contribution in [0.4, 0.5) is 5.69 Å². The number of nitrogens with one attached hydrogen (secondary N) is 1. The highest BCUT2D eigenvalue weighted by molar-refractivity contribution is 8.00. The van der Waals surface area contributed by atoms with Crippen molar-refractivity contribution in [3.63, 3.8) is 0 Å². The fraction of sp³-hybridized carbons (Fsp3) is 0.571. The minimum Gasteiger partial charge on any atom is -0.384 e. The molecule has 0 aromatic heterocycles. The molecule has 1 aliphatic rings. The molecule has 1 N–H and O–H groups in total. The van der Waals surface area contributed by atoms with Crippen molar-refractivity contribution in [1.82, 2.24) is 0 Å². The van der Waals surface area contributed by atoms with Gasteiger partial charge >= 0.3 is 0 Å². The molecule has 1 heterocycles. The predicted molar refractivity (Wildman–Crippen MR) is 75.8 cm³/mol. The van der Waals surface area contributed by atoms with Crippen LogP contribution in [-0.2, 0) is 4.74 Å². The lowest BCUT2D eigenvalue weighted by Gasteiger charge is -2.24. The molecule has 2 nitrogen and oxygen atoms in total. The van der Waals surface area contributed by atoms with E-state index in [-0.39, 0.29) is 0 Å². The van der Waals surface area contributed by atoms with E-state index < -0.39 is 0 Å². The SMILES string of the molecule is CC(CNc1ccccc1)SC1CCOCC1. The Kier molecular flexibility index (Phi) is 5.20. The third-order valence-corrected chi connectivity index (χ3v) is 4.45. The van der Waals surface area contributed by atoms with Gasteiger partial charge < -0.3 is 10.1 Å². The highest BCUT2D eigenvalue weighted by atomic mass is 32.2. The molecule has 1 saturated heterocycles. The maximum Gasteiger partial charge on any atom is 0.0476 e. The van der Waals surface area contributed by atoms with E-state index in [1.165, 1.54) is 18.5 Å². The molecular formula is C14H21NOS. The van der Waals surface area contributed by atoms with Gasteiger partial charge in [-0.25, -0.2) is 0 Å². The summed E-state index contributed by atoms with van der Waals surface area (Å²) in [4.78, 5) is 0. The first kappa shape index (κ1) is 12.8. The second-order valence-electron chi connectivity index (χ2n) is 4.51. The van der Waals surface area contributed by atoms with E-state index in [1.54, 1.807) is 0 Å². The lowest BCUT2D eigenvalue weighted by atomic mass is 10.2. The third-order valence-electron chi connectivity index (χ3n) is 2.96. The summed E-state index contributed by atoms with van der Waals surface area (Å²) >= 11 is 2.10. The molecule has 0 radical (unpaired) electrons. The van der Waals surface area contributed by atoms with Crippen molar-refractivity contribution >= 4 is 17.4 Å². The Morgan fingerprint density at radius 1 is 1.29 bits per heavy atom. The van der Waals surface area contributed by atoms with Crippen LogP contribution >= 0.6 is 11.8 Å². The minimum absolute atomic E-state index is 0.651. The van der Waals surface area contributed by atoms with Crippen LogP contribution in [0.25, 0.3) is 0 Å². The summed E-state index contributed by atoms with van der Waals surface area (Å²) in [6, 6.07) is 10.4. The van der Waals surface area contributed by atoms with Gasteiger partial charge in [0.25, 0.3) is 0 Å². The maximum absolute atomic E-state index is 5.38. The van der Waals surface area contributed by atoms with Gasteiger partial charge in [0.1, 0.15) is 0 Å². The Morgan fingerprint density at radius 3 is 2.71 bits per heavy atom. The van der Waals surface area contributed by atoms with Crippen molar-refractivity contribution in [3.05, 3.63) is 30.3 Å². The van der Waals surface area contributed by atoms with Gasteiger partial charge in [-0.1, -0.05) is 25.1 Å². The summed E-state index contributed by atoms with van der Waals surface area (Å²) in [7, 11) is 0. The van der Waals surface area contributed by atoms with Crippen molar-refractivity contribution in [1.29, 1.82) is 0 Å². The molecule has 3 heteroatoms. The van der Waals surface area contributed by atoms with Gasteiger partial charge in [0, 0.05) is 35.9 Å². The van der Waals surface area contributed by atoms with E-state index in [0.29, 0.717) is 5.25 Å². The lowest BCUT2D eigenvalue weighted by molar-refractivity contribution is 0.0999. The fourth-order valence-corrected chi connectivity index (χ4v) is 3.31. The van der Waals surface area contributed by atoms with Crippen LogP contribution < -0.4 is 5.32 Å². The number of hydrogen-bond donors (Lipinski definition) is 1. The first-order valence-electron chi connectivity index (χ1n) is 6.37. The first-order chi connectivity index (χ1) is 8.34. The molecule has 0 spiro atoms. The number of rotatable bonds is 5. The Balaban J connectivity index is 1.68. The zero-order valence-corrected chi connectivity index (χ0v) is 11.2. The minimum atomic E-state index is 0.651. The second kappa shape index (κ2) is 6.92. The van der Waals surface area contributed by atoms with E-state index in [4.69, 9.17) is 4.74 Å². The van der Waals surface area contributed by atoms with E-state index in [9.17, 15) is 0 Å². The van der Waals surface area contributed by atoms with E-state index in [2.05, 4.69) is 48.3 Å². The predicted octanol–water partition coefficient (Wildman–Crippen LogP) is 3.40. The zero-order valence-electron chi connectivity index (χ0n) is 10.4. The summed E-state index contributed by atoms with van der Waals surface area (Å²) < 4.78 is 5.38. The van der Waals surface area contributed by atoms with Gasteiger partial charge in [0.05, 0.1) is 0 Å². The number of ether oxygens (including phenoxy) is 1. The number of hydrogen-bond acceptors (Lipinski definition) is 3. The molecule has 1 fully saturated rings. The molecule has 17 heavy (non-hydrogen) atoms. The summed E-state index contributed by atoms with van der Waals surface area (Å²) in [5.74, 6) is 0. The Bertz CT molecular complexity index is 311. The smallest absolute Gasteiger partial charge is 0.0476 e. The van der Waals surface area contributed by atoms with Crippen LogP contribution in [-0.4, -0.2) is 30.3 Å². The normalized spacial score (nSPS) is 18.9. The molecule has 1 unspecified atom stereocenters. The number of thioether (sulfide) groups is 1. The van der Waals surface area contributed by atoms with Gasteiger partial charge in [-0.15, -0.1) is 0 Å². The van der Waals surface area contributed by atoms with Gasteiger partial charge in [-0.3, -0.25) is 0 Å². The van der Waals surface area contributed by atoms with Crippen LogP contribution in [0.5, 0.6) is 0 Å². The monoisotopic (exact) mass is 251 g/mol. The average Bonchev–Trinajstić information content (AvgIpc) is 2.39. The van der Waals surface area contributed by atoms with Crippen molar-refractivity contribution in [3.8, 4) is 0 Å². The third kappa shape index (κ3) is 4.60. The summed E-state index contributed by atoms with van der Waals surface area (Å²) in [5.41, 5.74) is 1.21. The Morgan fingerprint density at radius 2 is 2.00 bits per heavy atom. The second-order valence-corrected chi connectivity index (χ2v) is 6.25. The number of para-hydroxylation sites is 1. The molecule has 0 bridgehead atoms. The highest BCUT2D eigenvalue weighted by Crippen LogP contribution is 2.26. The van der Waals surface area contributed by atoms with Crippen LogP contribution in [0, 0.1) is 0 Å². The molecule has 1 atom stereocenters. The summed E-state index contributed by atoms with van der Waals surface area (Å²) in [6.07, 6.45) is 2.42. The van der Waals surface area contributed by atoms with Crippen molar-refractivity contribution in [2.45, 2.75) is 30.3 Å². The van der Waals surface area contributed by atoms with Crippen LogP contribution in [0.2, 0.25) is 0 Å². The molecular weight excluding hydrogens is 230 g/mol. The van der Waals surface area contributed by atoms with Crippen LogP contribution in [0.1, 0.15) is 19.8 Å². The van der Waals surface area contributed by atoms with E-state index in [0.717, 1.165) is 25.0 Å². The topological polar surface area (TPSA) is 21.3 Å². The van der Waals surface area contributed by atoms with Crippen molar-refractivity contribution in [2.75, 3.05) is 25.1 Å². The van der Waals surface area contributed by atoms with Crippen LogP contribution in [0.15, 0.2) is 30.3 Å². The van der Waals surface area contributed by atoms with E-state index >= 15 is 0 Å². The van der Waals surface area contributed by atoms with Gasteiger partial charge in [0.2, 0.25) is 0 Å². The Labute approximate surface area is 108 Å². The molecule has 0 saturated carbocycles. The van der Waals surface area contributed by atoms with Crippen LogP contribution in [0.3, 0.4) is 0 Å². The maximum atomic E-state index is 5.38. The van der Waals surface area contributed by atoms with Crippen molar-refractivity contribution < 1.29 is 4.74 Å². The first-order valence-corrected chi connectivity index (χ1v) is 7.31. The molecule has 1 aliphatic heterocycles. The molecule has 1 aromatic rings. The summed E-state index contributed by atoms with van der Waals surface area (Å²) in [5, 5.41) is 4.92. The molecule has 1 aromatic carbocycles. The zero-order chi connectivity index (χ0) is 11.9. The van der Waals surface area contributed by atoms with Crippen molar-refractivity contribution in [2.24, 2.45) is 0 Å². The standard InChI is InChI=1S/C14H21NOS/c1-12(17-14-7-9-16-10-8-14)11-15-13-5-3-2-4-6-13/h2-6,12,14-15H,7-11H2,1H3. The van der Waals surface area contributed by atoms with E-state index in [1.807, 2.05) is 6.07 Å². The fourth-order valence-electron chi connectivity index (χ4n) is 2.01. The largest absolute Gasteiger partial charge is 0.384 e. The number of anilines is 1. The average molecular weight is 251 g/mol. The van der Waals surface area contributed by atoms with Gasteiger partial charge in [0.15, 0.2) is 0 Å². The molecule has 0 aliphatic carbocycles. The highest BCUT2D eigenvalue weighted by Gasteiger charge is 2.16. The lowest BCUT2D eigenvalue weighted by Crippen LogP contribution is -2.22. The number of benzene rings is 1. The molecule has 2 rings (SSSR count). The quantitative estimate of drug-likeness (QED) is 0.866.